The Labute approximate surface area is 171 Å². The van der Waals surface area contributed by atoms with Crippen molar-refractivity contribution >= 4 is 17.4 Å². The normalized spacial score (nSPS) is 24.6. The van der Waals surface area contributed by atoms with E-state index in [1.165, 1.54) is 0 Å². The van der Waals surface area contributed by atoms with Gasteiger partial charge in [-0.15, -0.1) is 0 Å². The van der Waals surface area contributed by atoms with E-state index in [1.807, 2.05) is 0 Å². The molecular weight excluding hydrogens is 430 g/mol. The summed E-state index contributed by atoms with van der Waals surface area (Å²) in [5.74, 6) is -5.41. The fourth-order valence-electron chi connectivity index (χ4n) is 3.56. The van der Waals surface area contributed by atoms with E-state index in [9.17, 15) is 31.1 Å². The predicted molar refractivity (Wildman–Crippen MR) is 96.4 cm³/mol. The van der Waals surface area contributed by atoms with Gasteiger partial charge in [-0.25, -0.2) is 13.2 Å². The van der Waals surface area contributed by atoms with Gasteiger partial charge in [0.05, 0.1) is 12.2 Å². The second-order valence-corrected chi connectivity index (χ2v) is 7.19. The number of fused-ring (bicyclic) bond motifs is 1. The van der Waals surface area contributed by atoms with Gasteiger partial charge in [-0.05, 0) is 30.3 Å². The topological polar surface area (TPSA) is 89.6 Å². The molecule has 1 amide bonds. The average Bonchev–Trinajstić information content (AvgIpc) is 3.24. The number of nitrogens with two attached hydrogens (primary N) is 1. The maximum absolute atomic E-state index is 14.6. The number of alkyl halides is 5. The predicted octanol–water partition coefficient (Wildman–Crippen LogP) is 3.13. The number of hydrogen-bond acceptors (Lipinski definition) is 5. The largest absolute Gasteiger partial charge is 0.417 e. The van der Waals surface area contributed by atoms with Gasteiger partial charge >= 0.3 is 6.18 Å². The molecule has 1 fully saturated rings. The quantitative estimate of drug-likeness (QED) is 0.712. The number of anilines is 1. The number of hydrogen-bond donors (Lipinski definition) is 2. The fraction of sp³-hybridized carbons (Fsp3) is 0.316. The molecule has 0 bridgehead atoms. The zero-order chi connectivity index (χ0) is 22.6. The van der Waals surface area contributed by atoms with E-state index in [-0.39, 0.29) is 23.8 Å². The number of pyridine rings is 1. The smallest absolute Gasteiger partial charge is 0.386 e. The Morgan fingerprint density at radius 3 is 2.61 bits per heavy atom. The van der Waals surface area contributed by atoms with E-state index in [1.54, 1.807) is 0 Å². The minimum atomic E-state index is -4.62. The van der Waals surface area contributed by atoms with Crippen LogP contribution in [0.3, 0.4) is 0 Å². The number of nitrogens with one attached hydrogen (secondary N) is 1. The number of ether oxygens (including phenoxy) is 1. The van der Waals surface area contributed by atoms with Gasteiger partial charge in [0.1, 0.15) is 35.4 Å². The molecule has 1 aromatic heterocycles. The highest BCUT2D eigenvalue weighted by Crippen LogP contribution is 2.64. The molecule has 2 atom stereocenters. The summed E-state index contributed by atoms with van der Waals surface area (Å²) in [6.45, 7) is -0.713. The van der Waals surface area contributed by atoms with Crippen molar-refractivity contribution in [1.82, 2.24) is 4.98 Å². The average molecular weight is 444 g/mol. The van der Waals surface area contributed by atoms with Crippen molar-refractivity contribution in [2.45, 2.75) is 23.6 Å². The standard InChI is InChI=1S/C19H14F6N4O2/c20-12-3-2-10(28-15(30)13-4-1-9(6-27-13)19(23,24)25)5-11(12)17-8-31-7-14(26)29-16(17)18(17,21)22/h1-6,16H,7-8H2,(H2,26,29)(H,28,30)/t16-,17-/m1/s1. The second-order valence-electron chi connectivity index (χ2n) is 7.19. The van der Waals surface area contributed by atoms with Gasteiger partial charge in [-0.1, -0.05) is 0 Å². The molecule has 1 aliphatic carbocycles. The van der Waals surface area contributed by atoms with Crippen LogP contribution >= 0.6 is 0 Å². The van der Waals surface area contributed by atoms with Gasteiger partial charge < -0.3 is 15.8 Å². The lowest BCUT2D eigenvalue weighted by Crippen LogP contribution is -2.27. The third-order valence-corrected chi connectivity index (χ3v) is 5.22. The number of halogens is 6. The van der Waals surface area contributed by atoms with Crippen LogP contribution in [0.5, 0.6) is 0 Å². The first kappa shape index (κ1) is 21.1. The third kappa shape index (κ3) is 3.40. The Balaban J connectivity index is 1.61. The summed E-state index contributed by atoms with van der Waals surface area (Å²) in [5, 5.41) is 2.32. The third-order valence-electron chi connectivity index (χ3n) is 5.22. The Kier molecular flexibility index (Phi) is 4.72. The molecule has 1 aliphatic heterocycles. The number of amidine groups is 1. The van der Waals surface area contributed by atoms with E-state index in [0.29, 0.717) is 12.3 Å². The molecule has 4 rings (SSSR count). The lowest BCUT2D eigenvalue weighted by molar-refractivity contribution is -0.137. The highest BCUT2D eigenvalue weighted by Gasteiger charge is 2.83. The van der Waals surface area contributed by atoms with Gasteiger partial charge in [0.25, 0.3) is 11.8 Å². The van der Waals surface area contributed by atoms with Gasteiger partial charge in [0.15, 0.2) is 0 Å². The monoisotopic (exact) mass is 444 g/mol. The Morgan fingerprint density at radius 1 is 1.23 bits per heavy atom. The highest BCUT2D eigenvalue weighted by molar-refractivity contribution is 6.02. The van der Waals surface area contributed by atoms with E-state index in [2.05, 4.69) is 15.3 Å². The van der Waals surface area contributed by atoms with Crippen LogP contribution in [0.2, 0.25) is 0 Å². The van der Waals surface area contributed by atoms with Crippen molar-refractivity contribution in [2.24, 2.45) is 10.7 Å². The van der Waals surface area contributed by atoms with Crippen LogP contribution in [0.15, 0.2) is 41.5 Å². The summed E-state index contributed by atoms with van der Waals surface area (Å²) < 4.78 is 86.7. The zero-order valence-electron chi connectivity index (χ0n) is 15.5. The summed E-state index contributed by atoms with van der Waals surface area (Å²) >= 11 is 0. The molecule has 0 radical (unpaired) electrons. The zero-order valence-corrected chi connectivity index (χ0v) is 15.5. The van der Waals surface area contributed by atoms with Gasteiger partial charge in [0, 0.05) is 17.4 Å². The number of aliphatic imine (C=N–C) groups is 1. The van der Waals surface area contributed by atoms with E-state index in [0.717, 1.165) is 24.3 Å². The summed E-state index contributed by atoms with van der Waals surface area (Å²) in [4.78, 5) is 19.5. The Morgan fingerprint density at radius 2 is 1.97 bits per heavy atom. The van der Waals surface area contributed by atoms with Crippen molar-refractivity contribution in [3.05, 3.63) is 59.2 Å². The molecule has 0 saturated heterocycles. The highest BCUT2D eigenvalue weighted by atomic mass is 19.4. The first-order valence-electron chi connectivity index (χ1n) is 8.89. The second kappa shape index (κ2) is 6.94. The lowest BCUT2D eigenvalue weighted by atomic mass is 9.94. The summed E-state index contributed by atoms with van der Waals surface area (Å²) in [6, 6.07) is 2.97. The van der Waals surface area contributed by atoms with Crippen LogP contribution in [-0.4, -0.2) is 41.9 Å². The first-order chi connectivity index (χ1) is 14.5. The molecule has 3 N–H and O–H groups in total. The van der Waals surface area contributed by atoms with Crippen molar-refractivity contribution in [3.63, 3.8) is 0 Å². The van der Waals surface area contributed by atoms with E-state index < -0.39 is 53.0 Å². The summed E-state index contributed by atoms with van der Waals surface area (Å²) in [6.07, 6.45) is -4.13. The van der Waals surface area contributed by atoms with Gasteiger partial charge in [0.2, 0.25) is 0 Å². The molecule has 1 saturated carbocycles. The van der Waals surface area contributed by atoms with Crippen molar-refractivity contribution in [2.75, 3.05) is 18.5 Å². The molecule has 2 heterocycles. The van der Waals surface area contributed by atoms with Crippen LogP contribution in [0, 0.1) is 5.82 Å². The molecule has 1 aromatic carbocycles. The molecule has 2 aromatic rings. The molecule has 164 valence electrons. The van der Waals surface area contributed by atoms with Crippen LogP contribution in [0.4, 0.5) is 32.0 Å². The van der Waals surface area contributed by atoms with E-state index in [4.69, 9.17) is 10.5 Å². The number of aromatic nitrogens is 1. The number of benzene rings is 1. The maximum Gasteiger partial charge on any atom is 0.417 e. The molecule has 2 aliphatic rings. The number of nitrogens with zero attached hydrogens (tertiary/aromatic N) is 2. The van der Waals surface area contributed by atoms with Crippen molar-refractivity contribution in [1.29, 1.82) is 0 Å². The molecule has 0 spiro atoms. The van der Waals surface area contributed by atoms with Gasteiger partial charge in [-0.3, -0.25) is 14.8 Å². The van der Waals surface area contributed by atoms with E-state index >= 15 is 0 Å². The van der Waals surface area contributed by atoms with Crippen LogP contribution in [-0.2, 0) is 16.3 Å². The van der Waals surface area contributed by atoms with Crippen LogP contribution < -0.4 is 11.1 Å². The first-order valence-corrected chi connectivity index (χ1v) is 8.89. The maximum atomic E-state index is 14.6. The molecular formula is C19H14F6N4O2. The van der Waals surface area contributed by atoms with Gasteiger partial charge in [-0.2, -0.15) is 13.2 Å². The lowest BCUT2D eigenvalue weighted by Gasteiger charge is -2.18. The Hall–Kier alpha value is -3.15. The minimum Gasteiger partial charge on any atom is -0.386 e. The summed E-state index contributed by atoms with van der Waals surface area (Å²) in [5.41, 5.74) is 1.57. The van der Waals surface area contributed by atoms with Crippen molar-refractivity contribution in [3.8, 4) is 0 Å². The molecule has 12 heteroatoms. The van der Waals surface area contributed by atoms with Crippen molar-refractivity contribution < 1.29 is 35.9 Å². The SMILES string of the molecule is NC1=N[C@H]2C(F)(F)[C@@]2(c2cc(NC(=O)c3ccc(C(F)(F)F)cn3)ccc2F)COC1. The molecule has 31 heavy (non-hydrogen) atoms. The number of carbonyl (C=O) groups excluding carboxylic acids is 1. The number of carbonyl (C=O) groups is 1. The number of rotatable bonds is 3. The van der Waals surface area contributed by atoms with Crippen LogP contribution in [0.1, 0.15) is 21.6 Å². The fourth-order valence-corrected chi connectivity index (χ4v) is 3.56. The number of amides is 1. The minimum absolute atomic E-state index is 0.0554. The molecule has 6 nitrogen and oxygen atoms in total. The Bertz CT molecular complexity index is 1070. The summed E-state index contributed by atoms with van der Waals surface area (Å²) in [7, 11) is 0. The van der Waals surface area contributed by atoms with Crippen LogP contribution in [0.25, 0.3) is 0 Å². The molecule has 0 unspecified atom stereocenters.